The second-order valence-electron chi connectivity index (χ2n) is 6.20. The molecule has 1 N–H and O–H groups in total. The summed E-state index contributed by atoms with van der Waals surface area (Å²) in [6, 6.07) is 11.9. The third-order valence-corrected chi connectivity index (χ3v) is 5.48. The topological polar surface area (TPSA) is 50.8 Å². The third kappa shape index (κ3) is 3.07. The van der Waals surface area contributed by atoms with E-state index in [-0.39, 0.29) is 5.91 Å². The summed E-state index contributed by atoms with van der Waals surface area (Å²) < 4.78 is 6.69. The Morgan fingerprint density at radius 1 is 1.25 bits per heavy atom. The fourth-order valence-corrected chi connectivity index (χ4v) is 4.16. The zero-order chi connectivity index (χ0) is 16.5. The van der Waals surface area contributed by atoms with Gasteiger partial charge in [-0.05, 0) is 31.2 Å². The Bertz CT molecular complexity index is 829. The van der Waals surface area contributed by atoms with Crippen LogP contribution in [0.15, 0.2) is 40.8 Å². The largest absolute Gasteiger partial charge is 0.456 e. The highest BCUT2D eigenvalue weighted by Gasteiger charge is 2.26. The van der Waals surface area contributed by atoms with Crippen LogP contribution < -0.4 is 4.90 Å². The van der Waals surface area contributed by atoms with Gasteiger partial charge in [0.15, 0.2) is 5.76 Å². The van der Waals surface area contributed by atoms with Crippen LogP contribution in [-0.2, 0) is 6.54 Å². The molecule has 0 spiro atoms. The Balaban J connectivity index is 1.36. The highest BCUT2D eigenvalue weighted by molar-refractivity contribution is 7.18. The van der Waals surface area contributed by atoms with E-state index < -0.39 is 0 Å². The number of amides is 1. The Morgan fingerprint density at radius 3 is 2.75 bits per heavy atom. The molecule has 124 valence electrons. The number of quaternary nitrogens is 1. The summed E-state index contributed by atoms with van der Waals surface area (Å²) in [6.07, 6.45) is 0. The number of benzene rings is 1. The van der Waals surface area contributed by atoms with Crippen molar-refractivity contribution in [3.8, 4) is 0 Å². The van der Waals surface area contributed by atoms with Crippen molar-refractivity contribution in [1.82, 2.24) is 9.88 Å². The van der Waals surface area contributed by atoms with Crippen LogP contribution in [0.2, 0.25) is 0 Å². The lowest BCUT2D eigenvalue weighted by molar-refractivity contribution is -0.917. The van der Waals surface area contributed by atoms with E-state index in [2.05, 4.69) is 18.2 Å². The van der Waals surface area contributed by atoms with E-state index in [9.17, 15) is 4.79 Å². The molecule has 5 nitrogen and oxygen atoms in total. The van der Waals surface area contributed by atoms with Gasteiger partial charge in [0.25, 0.3) is 5.91 Å². The smallest absolute Gasteiger partial charge is 0.289 e. The second-order valence-corrected chi connectivity index (χ2v) is 7.32. The number of piperazine rings is 1. The molecule has 1 aliphatic heterocycles. The van der Waals surface area contributed by atoms with Crippen LogP contribution in [0.25, 0.3) is 10.2 Å². The molecular weight excluding hydrogens is 322 g/mol. The van der Waals surface area contributed by atoms with Gasteiger partial charge >= 0.3 is 0 Å². The summed E-state index contributed by atoms with van der Waals surface area (Å²) in [6.45, 7) is 6.21. The molecule has 0 unspecified atom stereocenters. The van der Waals surface area contributed by atoms with E-state index in [1.54, 1.807) is 17.4 Å². The zero-order valence-corrected chi connectivity index (χ0v) is 14.4. The number of thiazole rings is 1. The van der Waals surface area contributed by atoms with E-state index in [0.29, 0.717) is 5.76 Å². The number of fused-ring (bicyclic) bond motifs is 1. The van der Waals surface area contributed by atoms with Crippen molar-refractivity contribution < 1.29 is 14.1 Å². The molecule has 3 aromatic rings. The van der Waals surface area contributed by atoms with Crippen LogP contribution in [0.1, 0.15) is 21.3 Å². The number of aromatic nitrogens is 1. The normalized spacial score (nSPS) is 16.0. The predicted molar refractivity (Wildman–Crippen MR) is 93.4 cm³/mol. The minimum Gasteiger partial charge on any atom is -0.456 e. The van der Waals surface area contributed by atoms with Crippen molar-refractivity contribution in [3.05, 3.63) is 52.9 Å². The first-order valence-electron chi connectivity index (χ1n) is 8.23. The minimum absolute atomic E-state index is 0.00198. The van der Waals surface area contributed by atoms with Crippen LogP contribution in [0.5, 0.6) is 0 Å². The SMILES string of the molecule is Cc1ccc(C(=O)N2CC[NH+](Cc3nc4ccccc4s3)CC2)o1. The Hall–Kier alpha value is -2.18. The fourth-order valence-electron chi connectivity index (χ4n) is 3.12. The number of nitrogens with zero attached hydrogens (tertiary/aromatic N) is 2. The summed E-state index contributed by atoms with van der Waals surface area (Å²) in [4.78, 5) is 20.5. The molecule has 2 aromatic heterocycles. The lowest BCUT2D eigenvalue weighted by Crippen LogP contribution is -3.13. The maximum atomic E-state index is 12.4. The van der Waals surface area contributed by atoms with E-state index in [0.717, 1.165) is 44.0 Å². The summed E-state index contributed by atoms with van der Waals surface area (Å²) in [5, 5.41) is 1.17. The second kappa shape index (κ2) is 6.37. The first kappa shape index (κ1) is 15.4. The molecule has 6 heteroatoms. The molecule has 0 aliphatic carbocycles. The van der Waals surface area contributed by atoms with Gasteiger partial charge < -0.3 is 14.2 Å². The van der Waals surface area contributed by atoms with E-state index >= 15 is 0 Å². The summed E-state index contributed by atoms with van der Waals surface area (Å²) in [7, 11) is 0. The molecule has 0 radical (unpaired) electrons. The van der Waals surface area contributed by atoms with Crippen molar-refractivity contribution in [2.24, 2.45) is 0 Å². The maximum Gasteiger partial charge on any atom is 0.289 e. The minimum atomic E-state index is 0.00198. The molecule has 24 heavy (non-hydrogen) atoms. The average molecular weight is 342 g/mol. The molecule has 1 amide bonds. The molecule has 0 saturated carbocycles. The van der Waals surface area contributed by atoms with Crippen LogP contribution >= 0.6 is 11.3 Å². The monoisotopic (exact) mass is 342 g/mol. The molecule has 0 bridgehead atoms. The number of carbonyl (C=O) groups excluding carboxylic acids is 1. The van der Waals surface area contributed by atoms with Crippen LogP contribution in [0, 0.1) is 6.92 Å². The highest BCUT2D eigenvalue weighted by atomic mass is 32.1. The van der Waals surface area contributed by atoms with Crippen molar-refractivity contribution in [1.29, 1.82) is 0 Å². The van der Waals surface area contributed by atoms with Gasteiger partial charge in [0.2, 0.25) is 0 Å². The van der Waals surface area contributed by atoms with E-state index in [1.807, 2.05) is 24.0 Å². The lowest BCUT2D eigenvalue weighted by Gasteiger charge is -2.31. The van der Waals surface area contributed by atoms with Gasteiger partial charge in [0, 0.05) is 0 Å². The van der Waals surface area contributed by atoms with Gasteiger partial charge in [-0.25, -0.2) is 4.98 Å². The van der Waals surface area contributed by atoms with Gasteiger partial charge in [-0.15, -0.1) is 11.3 Å². The number of hydrogen-bond donors (Lipinski definition) is 1. The summed E-state index contributed by atoms with van der Waals surface area (Å²) in [5.41, 5.74) is 1.08. The Kier molecular flexibility index (Phi) is 4.08. The number of aryl methyl sites for hydroxylation is 1. The Morgan fingerprint density at radius 2 is 2.04 bits per heavy atom. The number of hydrogen-bond acceptors (Lipinski definition) is 4. The summed E-state index contributed by atoms with van der Waals surface area (Å²) >= 11 is 1.77. The molecule has 1 fully saturated rings. The Labute approximate surface area is 144 Å². The molecule has 1 saturated heterocycles. The van der Waals surface area contributed by atoms with Crippen molar-refractivity contribution in [2.75, 3.05) is 26.2 Å². The first-order chi connectivity index (χ1) is 11.7. The van der Waals surface area contributed by atoms with Gasteiger partial charge in [-0.3, -0.25) is 4.79 Å². The van der Waals surface area contributed by atoms with Crippen molar-refractivity contribution in [3.63, 3.8) is 0 Å². The number of nitrogens with one attached hydrogen (secondary N) is 1. The molecule has 1 aromatic carbocycles. The van der Waals surface area contributed by atoms with E-state index in [4.69, 9.17) is 9.40 Å². The molecule has 3 heterocycles. The number of rotatable bonds is 3. The quantitative estimate of drug-likeness (QED) is 0.789. The lowest BCUT2D eigenvalue weighted by atomic mass is 10.3. The van der Waals surface area contributed by atoms with Crippen molar-refractivity contribution in [2.45, 2.75) is 13.5 Å². The standard InChI is InChI=1S/C18H19N3O2S/c1-13-6-7-15(23-13)18(22)21-10-8-20(9-11-21)12-17-19-14-4-2-3-5-16(14)24-17/h2-7H,8-12H2,1H3/p+1. The average Bonchev–Trinajstić information content (AvgIpc) is 3.20. The number of para-hydroxylation sites is 1. The number of furan rings is 1. The van der Waals surface area contributed by atoms with E-state index in [1.165, 1.54) is 14.6 Å². The van der Waals surface area contributed by atoms with Crippen LogP contribution in [-0.4, -0.2) is 42.0 Å². The van der Waals surface area contributed by atoms with Gasteiger partial charge in [0.05, 0.1) is 36.4 Å². The predicted octanol–water partition coefficient (Wildman–Crippen LogP) is 1.74. The first-order valence-corrected chi connectivity index (χ1v) is 9.04. The molecule has 0 atom stereocenters. The molecule has 4 rings (SSSR count). The molecular formula is C18H20N3O2S+. The van der Waals surface area contributed by atoms with Gasteiger partial charge in [0.1, 0.15) is 17.3 Å². The van der Waals surface area contributed by atoms with Crippen LogP contribution in [0.3, 0.4) is 0 Å². The highest BCUT2D eigenvalue weighted by Crippen LogP contribution is 2.20. The zero-order valence-electron chi connectivity index (χ0n) is 13.6. The third-order valence-electron chi connectivity index (χ3n) is 4.45. The van der Waals surface area contributed by atoms with Crippen LogP contribution in [0.4, 0.5) is 0 Å². The van der Waals surface area contributed by atoms with Gasteiger partial charge in [-0.1, -0.05) is 12.1 Å². The van der Waals surface area contributed by atoms with Gasteiger partial charge in [-0.2, -0.15) is 0 Å². The summed E-state index contributed by atoms with van der Waals surface area (Å²) in [5.74, 6) is 1.22. The fraction of sp³-hybridized carbons (Fsp3) is 0.333. The number of carbonyl (C=O) groups is 1. The van der Waals surface area contributed by atoms with Crippen molar-refractivity contribution >= 4 is 27.5 Å². The maximum absolute atomic E-state index is 12.4. The molecule has 1 aliphatic rings.